The number of hydrogen-bond donors (Lipinski definition) is 1. The minimum atomic E-state index is -0.0935. The summed E-state index contributed by atoms with van der Waals surface area (Å²) in [5.74, 6) is -0.0935. The lowest BCUT2D eigenvalue weighted by Gasteiger charge is -2.06. The van der Waals surface area contributed by atoms with Crippen LogP contribution in [-0.4, -0.2) is 20.7 Å². The fourth-order valence-corrected chi connectivity index (χ4v) is 3.80. The Hall–Kier alpha value is -2.12. The summed E-state index contributed by atoms with van der Waals surface area (Å²) in [5.41, 5.74) is 2.85. The predicted molar refractivity (Wildman–Crippen MR) is 93.0 cm³/mol. The molecule has 7 heteroatoms. The molecule has 0 unspecified atom stereocenters. The Balaban J connectivity index is 1.57. The van der Waals surface area contributed by atoms with Gasteiger partial charge in [0, 0.05) is 27.9 Å². The number of carbonyl (C=O) groups excluding carboxylic acids is 1. The SMILES string of the molecule is Cc1cnn(CC(=O)Nc2ccc(Sc3nc(C)cs3)cc2)c1. The van der Waals surface area contributed by atoms with E-state index in [0.29, 0.717) is 0 Å². The van der Waals surface area contributed by atoms with E-state index < -0.39 is 0 Å². The highest BCUT2D eigenvalue weighted by Gasteiger charge is 2.06. The maximum atomic E-state index is 12.0. The Morgan fingerprint density at radius 2 is 2.09 bits per heavy atom. The molecule has 1 amide bonds. The largest absolute Gasteiger partial charge is 0.324 e. The first-order valence-corrected chi connectivity index (χ1v) is 8.77. The zero-order valence-electron chi connectivity index (χ0n) is 12.8. The minimum absolute atomic E-state index is 0.0935. The van der Waals surface area contributed by atoms with Gasteiger partial charge in [-0.3, -0.25) is 9.48 Å². The van der Waals surface area contributed by atoms with E-state index in [1.165, 1.54) is 0 Å². The van der Waals surface area contributed by atoms with Gasteiger partial charge in [0.2, 0.25) is 5.91 Å². The summed E-state index contributed by atoms with van der Waals surface area (Å²) in [7, 11) is 0. The van der Waals surface area contributed by atoms with E-state index >= 15 is 0 Å². The molecule has 0 atom stereocenters. The van der Waals surface area contributed by atoms with Crippen LogP contribution in [0.25, 0.3) is 0 Å². The van der Waals surface area contributed by atoms with Crippen molar-refractivity contribution in [1.82, 2.24) is 14.8 Å². The monoisotopic (exact) mass is 344 g/mol. The lowest BCUT2D eigenvalue weighted by molar-refractivity contribution is -0.116. The van der Waals surface area contributed by atoms with Gasteiger partial charge in [0.25, 0.3) is 0 Å². The third-order valence-corrected chi connectivity index (χ3v) is 5.07. The molecule has 0 radical (unpaired) electrons. The van der Waals surface area contributed by atoms with Crippen molar-refractivity contribution in [2.45, 2.75) is 29.6 Å². The van der Waals surface area contributed by atoms with Gasteiger partial charge in [-0.1, -0.05) is 11.8 Å². The molecule has 23 heavy (non-hydrogen) atoms. The number of anilines is 1. The molecule has 0 aliphatic carbocycles. The van der Waals surface area contributed by atoms with Gasteiger partial charge in [0.05, 0.1) is 6.20 Å². The van der Waals surface area contributed by atoms with Gasteiger partial charge in [-0.05, 0) is 43.7 Å². The molecule has 3 rings (SSSR count). The number of aromatic nitrogens is 3. The number of hydrogen-bond acceptors (Lipinski definition) is 5. The Kier molecular flexibility index (Phi) is 4.78. The molecule has 1 N–H and O–H groups in total. The molecule has 0 bridgehead atoms. The van der Waals surface area contributed by atoms with E-state index in [-0.39, 0.29) is 12.5 Å². The summed E-state index contributed by atoms with van der Waals surface area (Å²) in [6.45, 7) is 4.14. The second kappa shape index (κ2) is 6.97. The van der Waals surface area contributed by atoms with Gasteiger partial charge < -0.3 is 5.32 Å². The fraction of sp³-hybridized carbons (Fsp3) is 0.188. The molecule has 118 valence electrons. The van der Waals surface area contributed by atoms with Crippen molar-refractivity contribution >= 4 is 34.7 Å². The van der Waals surface area contributed by atoms with Crippen LogP contribution in [0.4, 0.5) is 5.69 Å². The standard InChI is InChI=1S/C16H16N4OS2/c1-11-7-17-20(8-11)9-15(21)19-13-3-5-14(6-4-13)23-16-18-12(2)10-22-16/h3-8,10H,9H2,1-2H3,(H,19,21). The van der Waals surface area contributed by atoms with Crippen molar-refractivity contribution in [2.24, 2.45) is 0 Å². The van der Waals surface area contributed by atoms with Crippen molar-refractivity contribution in [1.29, 1.82) is 0 Å². The second-order valence-electron chi connectivity index (χ2n) is 5.14. The third kappa shape index (κ3) is 4.43. The van der Waals surface area contributed by atoms with Gasteiger partial charge in [0.15, 0.2) is 4.34 Å². The van der Waals surface area contributed by atoms with Crippen LogP contribution < -0.4 is 5.32 Å². The van der Waals surface area contributed by atoms with Gasteiger partial charge in [-0.25, -0.2) is 4.98 Å². The zero-order valence-corrected chi connectivity index (χ0v) is 14.4. The quantitative estimate of drug-likeness (QED) is 0.766. The van der Waals surface area contributed by atoms with E-state index in [2.05, 4.69) is 15.4 Å². The molecule has 0 saturated heterocycles. The normalized spacial score (nSPS) is 10.7. The van der Waals surface area contributed by atoms with E-state index in [9.17, 15) is 4.79 Å². The Bertz CT molecular complexity index is 808. The topological polar surface area (TPSA) is 59.8 Å². The zero-order chi connectivity index (χ0) is 16.2. The van der Waals surface area contributed by atoms with Crippen LogP contribution >= 0.6 is 23.1 Å². The first-order valence-electron chi connectivity index (χ1n) is 7.07. The lowest BCUT2D eigenvalue weighted by Crippen LogP contribution is -2.18. The fourth-order valence-electron chi connectivity index (χ4n) is 1.99. The third-order valence-electron chi connectivity index (χ3n) is 3.01. The molecule has 0 aliphatic heterocycles. The molecule has 2 heterocycles. The average molecular weight is 344 g/mol. The van der Waals surface area contributed by atoms with Crippen molar-refractivity contribution < 1.29 is 4.79 Å². The molecule has 5 nitrogen and oxygen atoms in total. The molecule has 0 saturated carbocycles. The smallest absolute Gasteiger partial charge is 0.246 e. The Morgan fingerprint density at radius 1 is 1.30 bits per heavy atom. The number of amides is 1. The van der Waals surface area contributed by atoms with Gasteiger partial charge in [0.1, 0.15) is 6.54 Å². The van der Waals surface area contributed by atoms with E-state index in [0.717, 1.165) is 26.2 Å². The number of nitrogens with zero attached hydrogens (tertiary/aromatic N) is 3. The van der Waals surface area contributed by atoms with Gasteiger partial charge in [-0.2, -0.15) is 5.10 Å². The van der Waals surface area contributed by atoms with Crippen molar-refractivity contribution in [2.75, 3.05) is 5.32 Å². The molecular weight excluding hydrogens is 328 g/mol. The number of benzene rings is 1. The average Bonchev–Trinajstić information content (AvgIpc) is 3.10. The second-order valence-corrected chi connectivity index (χ2v) is 7.32. The highest BCUT2D eigenvalue weighted by atomic mass is 32.2. The van der Waals surface area contributed by atoms with Gasteiger partial charge in [-0.15, -0.1) is 11.3 Å². The van der Waals surface area contributed by atoms with Crippen LogP contribution in [0.2, 0.25) is 0 Å². The summed E-state index contributed by atoms with van der Waals surface area (Å²) >= 11 is 3.26. The summed E-state index contributed by atoms with van der Waals surface area (Å²) < 4.78 is 2.65. The van der Waals surface area contributed by atoms with E-state index in [1.807, 2.05) is 49.7 Å². The Labute approximate surface area is 142 Å². The van der Waals surface area contributed by atoms with Crippen molar-refractivity contribution in [3.8, 4) is 0 Å². The van der Waals surface area contributed by atoms with Gasteiger partial charge >= 0.3 is 0 Å². The highest BCUT2D eigenvalue weighted by molar-refractivity contribution is 8.01. The number of nitrogens with one attached hydrogen (secondary N) is 1. The first-order chi connectivity index (χ1) is 11.1. The molecule has 0 aliphatic rings. The van der Waals surface area contributed by atoms with E-state index in [4.69, 9.17) is 0 Å². The summed E-state index contributed by atoms with van der Waals surface area (Å²) in [6, 6.07) is 7.76. The van der Waals surface area contributed by atoms with Crippen molar-refractivity contribution in [3.05, 3.63) is 53.3 Å². The molecule has 1 aromatic carbocycles. The summed E-state index contributed by atoms with van der Waals surface area (Å²) in [5, 5.41) is 9.02. The van der Waals surface area contributed by atoms with Crippen molar-refractivity contribution in [3.63, 3.8) is 0 Å². The maximum absolute atomic E-state index is 12.0. The predicted octanol–water partition coefficient (Wildman–Crippen LogP) is 3.75. The van der Waals surface area contributed by atoms with Crippen LogP contribution in [0.3, 0.4) is 0 Å². The van der Waals surface area contributed by atoms with Crippen LogP contribution in [0.5, 0.6) is 0 Å². The number of rotatable bonds is 5. The highest BCUT2D eigenvalue weighted by Crippen LogP contribution is 2.30. The first kappa shape index (κ1) is 15.8. The summed E-state index contributed by atoms with van der Waals surface area (Å²) in [4.78, 5) is 17.5. The molecule has 0 fully saturated rings. The molecule has 3 aromatic rings. The summed E-state index contributed by atoms with van der Waals surface area (Å²) in [6.07, 6.45) is 3.58. The van der Waals surface area contributed by atoms with Crippen LogP contribution in [0, 0.1) is 13.8 Å². The molecular formula is C16H16N4OS2. The lowest BCUT2D eigenvalue weighted by atomic mass is 10.3. The van der Waals surface area contributed by atoms with E-state index in [1.54, 1.807) is 34.0 Å². The number of aryl methyl sites for hydroxylation is 2. The minimum Gasteiger partial charge on any atom is -0.324 e. The van der Waals surface area contributed by atoms with Crippen LogP contribution in [0.15, 0.2) is 51.3 Å². The Morgan fingerprint density at radius 3 is 2.70 bits per heavy atom. The number of carbonyl (C=O) groups is 1. The van der Waals surface area contributed by atoms with Crippen LogP contribution in [0.1, 0.15) is 11.3 Å². The maximum Gasteiger partial charge on any atom is 0.246 e. The number of thiazole rings is 1. The van der Waals surface area contributed by atoms with Crippen LogP contribution in [-0.2, 0) is 11.3 Å². The molecule has 0 spiro atoms. The molecule has 2 aromatic heterocycles.